The molecule has 6 nitrogen and oxygen atoms in total. The van der Waals surface area contributed by atoms with E-state index in [0.29, 0.717) is 18.9 Å². The largest absolute Gasteiger partial charge is 0.483 e. The van der Waals surface area contributed by atoms with Gasteiger partial charge in [0, 0.05) is 13.7 Å². The van der Waals surface area contributed by atoms with Crippen molar-refractivity contribution < 1.29 is 19.1 Å². The average Bonchev–Trinajstić information content (AvgIpc) is 2.38. The quantitative estimate of drug-likeness (QED) is 0.575. The van der Waals surface area contributed by atoms with Gasteiger partial charge in [-0.15, -0.1) is 0 Å². The number of carbonyl (C=O) groups is 2. The van der Waals surface area contributed by atoms with Crippen molar-refractivity contribution in [1.82, 2.24) is 10.6 Å². The van der Waals surface area contributed by atoms with Crippen LogP contribution in [0.4, 0.5) is 4.79 Å². The molecule has 0 saturated heterocycles. The minimum absolute atomic E-state index is 0.211. The number of nitrogens with one attached hydrogen (secondary N) is 2. The number of halogens is 1. The van der Waals surface area contributed by atoms with Crippen LogP contribution in [0.15, 0.2) is 24.3 Å². The van der Waals surface area contributed by atoms with Gasteiger partial charge in [0.25, 0.3) is 5.91 Å². The second kappa shape index (κ2) is 8.70. The third-order valence-electron chi connectivity index (χ3n) is 2.04. The van der Waals surface area contributed by atoms with Crippen LogP contribution in [0.1, 0.15) is 0 Å². The molecule has 0 saturated carbocycles. The molecule has 0 atom stereocenters. The van der Waals surface area contributed by atoms with Crippen LogP contribution in [0.5, 0.6) is 5.75 Å². The van der Waals surface area contributed by atoms with Crippen molar-refractivity contribution in [3.8, 4) is 5.75 Å². The maximum Gasteiger partial charge on any atom is 0.321 e. The Morgan fingerprint density at radius 2 is 2.05 bits per heavy atom. The summed E-state index contributed by atoms with van der Waals surface area (Å²) in [4.78, 5) is 22.7. The molecule has 0 radical (unpaired) electrons. The normalized spacial score (nSPS) is 9.79. The number of urea groups is 1. The third kappa shape index (κ3) is 6.39. The van der Waals surface area contributed by atoms with Crippen LogP contribution in [0.25, 0.3) is 0 Å². The molecule has 104 valence electrons. The summed E-state index contributed by atoms with van der Waals surface area (Å²) in [5.41, 5.74) is 0. The zero-order valence-electron chi connectivity index (χ0n) is 10.4. The Bertz CT molecular complexity index is 439. The van der Waals surface area contributed by atoms with Gasteiger partial charge in [-0.2, -0.15) is 0 Å². The van der Waals surface area contributed by atoms with E-state index in [0.717, 1.165) is 3.57 Å². The first-order chi connectivity index (χ1) is 9.13. The van der Waals surface area contributed by atoms with Gasteiger partial charge in [0.1, 0.15) is 5.75 Å². The predicted molar refractivity (Wildman–Crippen MR) is 78.1 cm³/mol. The number of rotatable bonds is 6. The molecule has 0 fully saturated rings. The lowest BCUT2D eigenvalue weighted by Gasteiger charge is -2.08. The second-order valence-corrected chi connectivity index (χ2v) is 4.68. The Morgan fingerprint density at radius 1 is 1.32 bits per heavy atom. The summed E-state index contributed by atoms with van der Waals surface area (Å²) in [5.74, 6) is 0.104. The molecule has 19 heavy (non-hydrogen) atoms. The maximum atomic E-state index is 11.4. The first kappa shape index (κ1) is 15.7. The number of benzene rings is 1. The smallest absolute Gasteiger partial charge is 0.321 e. The second-order valence-electron chi connectivity index (χ2n) is 3.52. The SMILES string of the molecule is COCCNC(=O)NC(=O)COc1ccccc1I. The highest BCUT2D eigenvalue weighted by molar-refractivity contribution is 14.1. The molecule has 0 aromatic heterocycles. The number of imide groups is 1. The molecule has 0 aliphatic heterocycles. The van der Waals surface area contributed by atoms with Crippen LogP contribution in [-0.4, -0.2) is 38.8 Å². The predicted octanol–water partition coefficient (Wildman–Crippen LogP) is 1.14. The van der Waals surface area contributed by atoms with Crippen molar-refractivity contribution in [2.45, 2.75) is 0 Å². The zero-order chi connectivity index (χ0) is 14.1. The van der Waals surface area contributed by atoms with Gasteiger partial charge in [-0.1, -0.05) is 12.1 Å². The summed E-state index contributed by atoms with van der Waals surface area (Å²) in [6.45, 7) is 0.519. The van der Waals surface area contributed by atoms with E-state index in [4.69, 9.17) is 9.47 Å². The fourth-order valence-electron chi connectivity index (χ4n) is 1.18. The summed E-state index contributed by atoms with van der Waals surface area (Å²) < 4.78 is 11.0. The number of carbonyl (C=O) groups excluding carboxylic acids is 2. The topological polar surface area (TPSA) is 76.7 Å². The lowest BCUT2D eigenvalue weighted by atomic mass is 10.3. The maximum absolute atomic E-state index is 11.4. The molecule has 1 rings (SSSR count). The summed E-state index contributed by atoms with van der Waals surface area (Å²) in [6.07, 6.45) is 0. The Morgan fingerprint density at radius 3 is 2.74 bits per heavy atom. The molecule has 0 bridgehead atoms. The highest BCUT2D eigenvalue weighted by Gasteiger charge is 2.08. The highest BCUT2D eigenvalue weighted by Crippen LogP contribution is 2.19. The molecular weight excluding hydrogens is 363 g/mol. The lowest BCUT2D eigenvalue weighted by molar-refractivity contribution is -0.122. The fraction of sp³-hybridized carbons (Fsp3) is 0.333. The van der Waals surface area contributed by atoms with E-state index < -0.39 is 11.9 Å². The minimum Gasteiger partial charge on any atom is -0.483 e. The molecule has 2 N–H and O–H groups in total. The number of hydrogen-bond acceptors (Lipinski definition) is 4. The summed E-state index contributed by atoms with van der Waals surface area (Å²) in [5, 5.41) is 4.63. The van der Waals surface area contributed by atoms with E-state index in [-0.39, 0.29) is 6.61 Å². The lowest BCUT2D eigenvalue weighted by Crippen LogP contribution is -2.42. The molecular formula is C12H15IN2O4. The van der Waals surface area contributed by atoms with E-state index in [1.54, 1.807) is 6.07 Å². The van der Waals surface area contributed by atoms with Gasteiger partial charge in [-0.3, -0.25) is 10.1 Å². The third-order valence-corrected chi connectivity index (χ3v) is 2.93. The molecule has 7 heteroatoms. The molecule has 0 heterocycles. The number of hydrogen-bond donors (Lipinski definition) is 2. The van der Waals surface area contributed by atoms with Gasteiger partial charge in [-0.25, -0.2) is 4.79 Å². The molecule has 0 aliphatic rings. The van der Waals surface area contributed by atoms with E-state index in [2.05, 4.69) is 33.2 Å². The Labute approximate surface area is 125 Å². The molecule has 1 aromatic rings. The van der Waals surface area contributed by atoms with Gasteiger partial charge in [0.05, 0.1) is 10.2 Å². The van der Waals surface area contributed by atoms with Crippen molar-refractivity contribution in [1.29, 1.82) is 0 Å². The van der Waals surface area contributed by atoms with Crippen LogP contribution in [0.3, 0.4) is 0 Å². The average molecular weight is 378 g/mol. The number of para-hydroxylation sites is 1. The van der Waals surface area contributed by atoms with Gasteiger partial charge in [0.15, 0.2) is 6.61 Å². The van der Waals surface area contributed by atoms with E-state index in [1.165, 1.54) is 7.11 Å². The summed E-state index contributed by atoms with van der Waals surface area (Å²) in [7, 11) is 1.53. The van der Waals surface area contributed by atoms with E-state index in [9.17, 15) is 9.59 Å². The Kier molecular flexibility index (Phi) is 7.19. The first-order valence-electron chi connectivity index (χ1n) is 5.57. The van der Waals surface area contributed by atoms with Crippen LogP contribution < -0.4 is 15.4 Å². The Balaban J connectivity index is 2.28. The van der Waals surface area contributed by atoms with Gasteiger partial charge in [0.2, 0.25) is 0 Å². The van der Waals surface area contributed by atoms with Gasteiger partial charge < -0.3 is 14.8 Å². The molecule has 0 unspecified atom stereocenters. The Hall–Kier alpha value is -1.35. The van der Waals surface area contributed by atoms with E-state index in [1.807, 2.05) is 18.2 Å². The molecule has 3 amide bonds. The van der Waals surface area contributed by atoms with Crippen molar-refractivity contribution in [2.24, 2.45) is 0 Å². The first-order valence-corrected chi connectivity index (χ1v) is 6.65. The van der Waals surface area contributed by atoms with Crippen molar-refractivity contribution >= 4 is 34.5 Å². The molecule has 0 spiro atoms. The van der Waals surface area contributed by atoms with Gasteiger partial charge in [-0.05, 0) is 34.7 Å². The molecule has 1 aromatic carbocycles. The number of ether oxygens (including phenoxy) is 2. The number of amides is 3. The van der Waals surface area contributed by atoms with Crippen LogP contribution >= 0.6 is 22.6 Å². The van der Waals surface area contributed by atoms with Crippen molar-refractivity contribution in [2.75, 3.05) is 26.9 Å². The zero-order valence-corrected chi connectivity index (χ0v) is 12.6. The highest BCUT2D eigenvalue weighted by atomic mass is 127. The number of methoxy groups -OCH3 is 1. The fourth-order valence-corrected chi connectivity index (χ4v) is 1.72. The summed E-state index contributed by atoms with van der Waals surface area (Å²) in [6, 6.07) is 6.75. The van der Waals surface area contributed by atoms with Gasteiger partial charge >= 0.3 is 6.03 Å². The monoisotopic (exact) mass is 378 g/mol. The van der Waals surface area contributed by atoms with Crippen molar-refractivity contribution in [3.63, 3.8) is 0 Å². The van der Waals surface area contributed by atoms with Crippen LogP contribution in [-0.2, 0) is 9.53 Å². The summed E-state index contributed by atoms with van der Waals surface area (Å²) >= 11 is 2.11. The van der Waals surface area contributed by atoms with Crippen LogP contribution in [0.2, 0.25) is 0 Å². The van der Waals surface area contributed by atoms with Crippen molar-refractivity contribution in [3.05, 3.63) is 27.8 Å². The minimum atomic E-state index is -0.562. The standard InChI is InChI=1S/C12H15IN2O4/c1-18-7-6-14-12(17)15-11(16)8-19-10-5-3-2-4-9(10)13/h2-5H,6-8H2,1H3,(H2,14,15,16,17). The van der Waals surface area contributed by atoms with Crippen LogP contribution in [0, 0.1) is 3.57 Å². The van der Waals surface area contributed by atoms with E-state index >= 15 is 0 Å². The molecule has 0 aliphatic carbocycles.